The van der Waals surface area contributed by atoms with Gasteiger partial charge < -0.3 is 0 Å². The molecule has 4 N–H and O–H groups in total. The minimum absolute atomic E-state index is 0.0173. The molecule has 4 heterocycles. The molecule has 7 aliphatic rings. The van der Waals surface area contributed by atoms with Crippen LogP contribution in [0.4, 0.5) is 45.2 Å². The van der Waals surface area contributed by atoms with Crippen molar-refractivity contribution in [2.45, 2.75) is 120 Å². The van der Waals surface area contributed by atoms with E-state index in [1.54, 1.807) is 0 Å². The van der Waals surface area contributed by atoms with E-state index in [0.29, 0.717) is 31.4 Å². The fraction of sp³-hybridized carbons (Fsp3) is 0.632. The number of anilines is 1. The van der Waals surface area contributed by atoms with Gasteiger partial charge in [-0.15, -0.1) is 0 Å². The van der Waals surface area contributed by atoms with Crippen LogP contribution in [0.1, 0.15) is 64.9 Å². The van der Waals surface area contributed by atoms with Crippen LogP contribution in [0.5, 0.6) is 0 Å². The predicted molar refractivity (Wildman–Crippen MR) is 190 cm³/mol. The Morgan fingerprint density at radius 2 is 1.79 bits per heavy atom. The summed E-state index contributed by atoms with van der Waals surface area (Å²) >= 11 is -2.76. The molecule has 3 aliphatic carbocycles. The number of rotatable bonds is 7. The van der Waals surface area contributed by atoms with Crippen LogP contribution in [-0.4, -0.2) is 54.5 Å². The number of alkyl halides is 3. The SMILES string of the molecule is C=C/C(F)=C(\C(F)C(C)CF)C12C[C]34CC1([CH2][Ge]3([CH3])[CH2]2)c1c(F)cc(F)c(c1F)NC1CCCCC(N)C1(SC(C)C)NC1=C(F)C4C(F)C=C1F. The van der Waals surface area contributed by atoms with E-state index in [0.717, 1.165) is 6.08 Å². The van der Waals surface area contributed by atoms with Crippen LogP contribution in [0.15, 0.2) is 53.5 Å². The Hall–Kier alpha value is -2.00. The van der Waals surface area contributed by atoms with Crippen molar-refractivity contribution < 1.29 is 39.5 Å². The third-order valence-corrected chi connectivity index (χ3v) is 27.5. The first-order valence-corrected chi connectivity index (χ1v) is 25.2. The van der Waals surface area contributed by atoms with Crippen LogP contribution in [0.25, 0.3) is 0 Å². The van der Waals surface area contributed by atoms with E-state index >= 15 is 35.1 Å². The fourth-order valence-electron chi connectivity index (χ4n) is 11.9. The maximum absolute atomic E-state index is 17.6. The molecule has 8 bridgehead atoms. The van der Waals surface area contributed by atoms with Gasteiger partial charge in [0.05, 0.1) is 0 Å². The number of hydrogen-bond donors (Lipinski definition) is 3. The molecular formula is C38H46F9GeN3S. The van der Waals surface area contributed by atoms with Gasteiger partial charge in [-0.2, -0.15) is 0 Å². The standard InChI is InChI=1S/C38H46F9GeN3S/c1-6-20(40)27(30(45)19(4)13-39)35-14-37-15-36(35,17-48(37,5)16-35)28-21(41)11-23(43)33(31(28)46)50-26-10-8-7-9-25(49)38(26,52-18(2)3)51-34-24(44)12-22(42)29(37)32(34)47/h6,11-12,18-19,22,25-26,29-30,50-51H,1,7-10,13-17,49H2,2-5H3/b27-20-. The van der Waals surface area contributed by atoms with E-state index in [4.69, 9.17) is 5.73 Å². The summed E-state index contributed by atoms with van der Waals surface area (Å²) in [6, 6.07) is -1.24. The number of benzene rings is 1. The molecular weight excluding hydrogens is 774 g/mol. The van der Waals surface area contributed by atoms with E-state index in [1.807, 2.05) is 19.6 Å². The van der Waals surface area contributed by atoms with E-state index < -0.39 is 134 Å². The van der Waals surface area contributed by atoms with Crippen LogP contribution in [-0.2, 0) is 5.41 Å². The average molecular weight is 820 g/mol. The Morgan fingerprint density at radius 1 is 1.10 bits per heavy atom. The summed E-state index contributed by atoms with van der Waals surface area (Å²) in [4.78, 5) is -1.48. The zero-order chi connectivity index (χ0) is 37.9. The van der Waals surface area contributed by atoms with Gasteiger partial charge in [0.25, 0.3) is 0 Å². The Labute approximate surface area is 305 Å². The molecule has 11 unspecified atom stereocenters. The molecule has 4 aliphatic heterocycles. The first-order valence-electron chi connectivity index (χ1n) is 18.2. The summed E-state index contributed by atoms with van der Waals surface area (Å²) in [6.45, 7) is 7.25. The Balaban J connectivity index is 1.60. The van der Waals surface area contributed by atoms with Crippen LogP contribution in [0.3, 0.4) is 0 Å². The average Bonchev–Trinajstić information content (AvgIpc) is 3.62. The summed E-state index contributed by atoms with van der Waals surface area (Å²) in [5.41, 5.74) is 0.908. The molecule has 0 aromatic heterocycles. The quantitative estimate of drug-likeness (QED) is 0.146. The first kappa shape index (κ1) is 38.3. The van der Waals surface area contributed by atoms with Crippen molar-refractivity contribution in [1.82, 2.24) is 5.32 Å². The van der Waals surface area contributed by atoms with E-state index in [1.165, 1.54) is 18.7 Å². The molecule has 1 aromatic carbocycles. The van der Waals surface area contributed by atoms with E-state index in [9.17, 15) is 4.39 Å². The van der Waals surface area contributed by atoms with Crippen LogP contribution in [0.2, 0.25) is 20.5 Å². The zero-order valence-electron chi connectivity index (χ0n) is 29.7. The molecule has 0 radical (unpaired) electrons. The fourth-order valence-corrected chi connectivity index (χ4v) is 28.8. The Kier molecular flexibility index (Phi) is 9.41. The predicted octanol–water partition coefficient (Wildman–Crippen LogP) is 10.4. The number of nitrogens with one attached hydrogen (secondary N) is 2. The van der Waals surface area contributed by atoms with Crippen molar-refractivity contribution in [1.29, 1.82) is 0 Å². The molecule has 2 spiro atoms. The van der Waals surface area contributed by atoms with Gasteiger partial charge in [0.2, 0.25) is 0 Å². The summed E-state index contributed by atoms with van der Waals surface area (Å²) < 4.78 is 146. The van der Waals surface area contributed by atoms with Gasteiger partial charge in [0, 0.05) is 0 Å². The first-order chi connectivity index (χ1) is 24.4. The molecule has 11 atom stereocenters. The molecule has 52 heavy (non-hydrogen) atoms. The van der Waals surface area contributed by atoms with Gasteiger partial charge >= 0.3 is 307 Å². The summed E-state index contributed by atoms with van der Waals surface area (Å²) in [5, 5.41) is 5.88. The molecule has 2 saturated carbocycles. The van der Waals surface area contributed by atoms with Gasteiger partial charge in [-0.05, 0) is 0 Å². The normalized spacial score (nSPS) is 40.8. The second-order valence-corrected chi connectivity index (χ2v) is 28.8. The monoisotopic (exact) mass is 821 g/mol. The second-order valence-electron chi connectivity index (χ2n) is 16.8. The van der Waals surface area contributed by atoms with Crippen molar-refractivity contribution in [2.75, 3.05) is 12.0 Å². The molecule has 286 valence electrons. The van der Waals surface area contributed by atoms with Gasteiger partial charge in [-0.25, -0.2) is 0 Å². The van der Waals surface area contributed by atoms with Crippen molar-refractivity contribution in [3.8, 4) is 0 Å². The number of fused-ring (bicyclic) bond motifs is 4. The molecule has 14 heteroatoms. The zero-order valence-corrected chi connectivity index (χ0v) is 32.6. The molecule has 0 amide bonds. The van der Waals surface area contributed by atoms with Gasteiger partial charge in [0.1, 0.15) is 0 Å². The number of nitrogens with two attached hydrogens (primary N) is 1. The molecule has 8 rings (SSSR count). The van der Waals surface area contributed by atoms with Gasteiger partial charge in [-0.1, -0.05) is 0 Å². The van der Waals surface area contributed by atoms with Gasteiger partial charge in [0.15, 0.2) is 0 Å². The summed E-state index contributed by atoms with van der Waals surface area (Å²) in [6.07, 6.45) is -1.76. The van der Waals surface area contributed by atoms with Crippen LogP contribution < -0.4 is 16.4 Å². The van der Waals surface area contributed by atoms with Crippen LogP contribution >= 0.6 is 11.8 Å². The van der Waals surface area contributed by atoms with Crippen molar-refractivity contribution in [2.24, 2.45) is 23.0 Å². The number of allylic oxidation sites excluding steroid dienone is 6. The second kappa shape index (κ2) is 12.8. The third-order valence-electron chi connectivity index (χ3n) is 13.7. The molecule has 1 aromatic rings. The minimum atomic E-state index is -4.00. The summed E-state index contributed by atoms with van der Waals surface area (Å²) in [5.74, 6) is -8.40. The topological polar surface area (TPSA) is 50.1 Å². The van der Waals surface area contributed by atoms with Crippen molar-refractivity contribution in [3.63, 3.8) is 0 Å². The molecule has 3 saturated heterocycles. The molecule has 3 nitrogen and oxygen atoms in total. The number of halogens is 9. The van der Waals surface area contributed by atoms with Gasteiger partial charge in [-0.3, -0.25) is 0 Å². The maximum atomic E-state index is 17.6. The molecule has 5 fully saturated rings. The van der Waals surface area contributed by atoms with E-state index in [-0.39, 0.29) is 35.0 Å². The Bertz CT molecular complexity index is 1790. The number of thioether (sulfide) groups is 1. The van der Waals surface area contributed by atoms with Crippen molar-refractivity contribution >= 4 is 30.7 Å². The summed E-state index contributed by atoms with van der Waals surface area (Å²) in [7, 11) is 0. The van der Waals surface area contributed by atoms with Crippen molar-refractivity contribution in [3.05, 3.63) is 76.6 Å². The van der Waals surface area contributed by atoms with Crippen LogP contribution in [0, 0.1) is 34.7 Å². The Morgan fingerprint density at radius 3 is 2.44 bits per heavy atom. The number of hydrogen-bond acceptors (Lipinski definition) is 4. The van der Waals surface area contributed by atoms with E-state index in [2.05, 4.69) is 17.2 Å². The third kappa shape index (κ3) is 4.91.